The van der Waals surface area contributed by atoms with Gasteiger partial charge in [-0.15, -0.1) is 0 Å². The molecule has 0 spiro atoms. The first-order valence-electron chi connectivity index (χ1n) is 7.02. The quantitative estimate of drug-likeness (QED) is 0.662. The first kappa shape index (κ1) is 15.7. The van der Waals surface area contributed by atoms with Crippen molar-refractivity contribution in [2.45, 2.75) is 46.0 Å². The van der Waals surface area contributed by atoms with Crippen molar-refractivity contribution in [3.63, 3.8) is 0 Å². The molecule has 0 unspecified atom stereocenters. The van der Waals surface area contributed by atoms with Gasteiger partial charge < -0.3 is 10.6 Å². The van der Waals surface area contributed by atoms with Crippen LogP contribution < -0.4 is 10.6 Å². The maximum Gasteiger partial charge on any atom is 0.168 e. The Morgan fingerprint density at radius 2 is 1.53 bits per heavy atom. The molecule has 0 radical (unpaired) electrons. The monoisotopic (exact) mass is 271 g/mol. The molecule has 0 saturated heterocycles. The predicted octanol–water partition coefficient (Wildman–Crippen LogP) is 4.17. The summed E-state index contributed by atoms with van der Waals surface area (Å²) in [6.07, 6.45) is 5.26. The minimum atomic E-state index is -0.650. The molecule has 0 atom stereocenters. The fourth-order valence-electron chi connectivity index (χ4n) is 1.72. The van der Waals surface area contributed by atoms with E-state index in [4.69, 9.17) is 0 Å². The van der Waals surface area contributed by atoms with E-state index >= 15 is 0 Å². The Morgan fingerprint density at radius 1 is 0.895 bits per heavy atom. The molecule has 0 aliphatic rings. The highest BCUT2D eigenvalue weighted by atomic mass is 19.1. The third-order valence-corrected chi connectivity index (χ3v) is 2.79. The van der Waals surface area contributed by atoms with Gasteiger partial charge in [0.25, 0.3) is 0 Å². The van der Waals surface area contributed by atoms with Gasteiger partial charge in [-0.25, -0.2) is 13.8 Å². The van der Waals surface area contributed by atoms with Crippen molar-refractivity contribution in [3.05, 3.63) is 17.7 Å². The van der Waals surface area contributed by atoms with Crippen molar-refractivity contribution >= 4 is 11.6 Å². The summed E-state index contributed by atoms with van der Waals surface area (Å²) in [6, 6.07) is 0.874. The molecule has 0 aliphatic heterocycles. The SMILES string of the molecule is CCCCCCNc1nc(NCCC)c(F)cc1F. The van der Waals surface area contributed by atoms with Gasteiger partial charge in [-0.3, -0.25) is 0 Å². The van der Waals surface area contributed by atoms with E-state index in [0.29, 0.717) is 13.1 Å². The molecule has 108 valence electrons. The average Bonchev–Trinajstić information content (AvgIpc) is 2.39. The van der Waals surface area contributed by atoms with E-state index in [2.05, 4.69) is 22.5 Å². The molecule has 5 heteroatoms. The number of hydrogen-bond donors (Lipinski definition) is 2. The molecule has 1 rings (SSSR count). The second-order valence-corrected chi connectivity index (χ2v) is 4.56. The third-order valence-electron chi connectivity index (χ3n) is 2.79. The molecular weight excluding hydrogens is 248 g/mol. The standard InChI is InChI=1S/C14H23F2N3/c1-3-5-6-7-9-18-14-12(16)10-11(15)13(19-14)17-8-4-2/h10H,3-9H2,1-2H3,(H2,17,18,19). The van der Waals surface area contributed by atoms with Gasteiger partial charge in [-0.1, -0.05) is 33.1 Å². The van der Waals surface area contributed by atoms with Crippen LogP contribution in [-0.2, 0) is 0 Å². The van der Waals surface area contributed by atoms with E-state index in [9.17, 15) is 8.78 Å². The molecule has 1 heterocycles. The normalized spacial score (nSPS) is 10.5. The van der Waals surface area contributed by atoms with Gasteiger partial charge in [0.15, 0.2) is 23.3 Å². The zero-order chi connectivity index (χ0) is 14.1. The van der Waals surface area contributed by atoms with Crippen molar-refractivity contribution in [1.82, 2.24) is 4.98 Å². The first-order valence-corrected chi connectivity index (χ1v) is 7.02. The molecule has 19 heavy (non-hydrogen) atoms. The minimum Gasteiger partial charge on any atom is -0.368 e. The number of aromatic nitrogens is 1. The molecule has 0 bridgehead atoms. The second kappa shape index (κ2) is 8.67. The molecule has 0 fully saturated rings. The van der Waals surface area contributed by atoms with Crippen LogP contribution in [0.1, 0.15) is 46.0 Å². The van der Waals surface area contributed by atoms with Crippen LogP contribution in [0.25, 0.3) is 0 Å². The highest BCUT2D eigenvalue weighted by molar-refractivity contribution is 5.47. The summed E-state index contributed by atoms with van der Waals surface area (Å²) >= 11 is 0. The molecule has 2 N–H and O–H groups in total. The lowest BCUT2D eigenvalue weighted by Gasteiger charge is -2.10. The number of nitrogens with zero attached hydrogens (tertiary/aromatic N) is 1. The number of anilines is 2. The highest BCUT2D eigenvalue weighted by Gasteiger charge is 2.10. The fraction of sp³-hybridized carbons (Fsp3) is 0.643. The van der Waals surface area contributed by atoms with Gasteiger partial charge in [-0.2, -0.15) is 0 Å². The molecule has 0 aliphatic carbocycles. The Labute approximate surface area is 113 Å². The van der Waals surface area contributed by atoms with Crippen molar-refractivity contribution < 1.29 is 8.78 Å². The molecule has 1 aromatic heterocycles. The smallest absolute Gasteiger partial charge is 0.168 e. The highest BCUT2D eigenvalue weighted by Crippen LogP contribution is 2.19. The Kier molecular flexibility index (Phi) is 7.15. The van der Waals surface area contributed by atoms with Crippen LogP contribution >= 0.6 is 0 Å². The number of nitrogens with one attached hydrogen (secondary N) is 2. The van der Waals surface area contributed by atoms with E-state index in [-0.39, 0.29) is 11.6 Å². The van der Waals surface area contributed by atoms with Crippen LogP contribution in [0.5, 0.6) is 0 Å². The summed E-state index contributed by atoms with van der Waals surface area (Å²) in [5.41, 5.74) is 0. The van der Waals surface area contributed by atoms with E-state index in [1.807, 2.05) is 6.92 Å². The van der Waals surface area contributed by atoms with E-state index in [0.717, 1.165) is 31.7 Å². The molecular formula is C14H23F2N3. The average molecular weight is 271 g/mol. The summed E-state index contributed by atoms with van der Waals surface area (Å²) in [7, 11) is 0. The van der Waals surface area contributed by atoms with Gasteiger partial charge in [-0.05, 0) is 12.8 Å². The van der Waals surface area contributed by atoms with Crippen LogP contribution in [0, 0.1) is 11.6 Å². The molecule has 0 amide bonds. The second-order valence-electron chi connectivity index (χ2n) is 4.56. The molecule has 1 aromatic rings. The number of unbranched alkanes of at least 4 members (excludes halogenated alkanes) is 3. The maximum absolute atomic E-state index is 13.5. The van der Waals surface area contributed by atoms with Crippen LogP contribution in [0.4, 0.5) is 20.4 Å². The molecule has 0 saturated carbocycles. The Bertz CT molecular complexity index is 383. The number of rotatable bonds is 9. The fourth-order valence-corrected chi connectivity index (χ4v) is 1.72. The van der Waals surface area contributed by atoms with E-state index in [1.165, 1.54) is 6.42 Å². The van der Waals surface area contributed by atoms with Crippen LogP contribution in [0.2, 0.25) is 0 Å². The topological polar surface area (TPSA) is 37.0 Å². The van der Waals surface area contributed by atoms with Gasteiger partial charge >= 0.3 is 0 Å². The Morgan fingerprint density at radius 3 is 2.11 bits per heavy atom. The zero-order valence-corrected chi connectivity index (χ0v) is 11.7. The van der Waals surface area contributed by atoms with Gasteiger partial charge in [0.05, 0.1) is 0 Å². The Hall–Kier alpha value is -1.39. The lowest BCUT2D eigenvalue weighted by molar-refractivity contribution is 0.577. The largest absolute Gasteiger partial charge is 0.368 e. The van der Waals surface area contributed by atoms with E-state index in [1.54, 1.807) is 0 Å². The number of halogens is 2. The van der Waals surface area contributed by atoms with Crippen molar-refractivity contribution in [2.24, 2.45) is 0 Å². The number of pyridine rings is 1. The molecule has 3 nitrogen and oxygen atoms in total. The number of hydrogen-bond acceptors (Lipinski definition) is 3. The van der Waals surface area contributed by atoms with Gasteiger partial charge in [0.1, 0.15) is 0 Å². The summed E-state index contributed by atoms with van der Waals surface area (Å²) in [6.45, 7) is 5.38. The zero-order valence-electron chi connectivity index (χ0n) is 11.7. The maximum atomic E-state index is 13.5. The van der Waals surface area contributed by atoms with Crippen LogP contribution in [0.3, 0.4) is 0 Å². The van der Waals surface area contributed by atoms with Crippen molar-refractivity contribution in [1.29, 1.82) is 0 Å². The first-order chi connectivity index (χ1) is 9.19. The van der Waals surface area contributed by atoms with Crippen molar-refractivity contribution in [3.8, 4) is 0 Å². The van der Waals surface area contributed by atoms with Crippen LogP contribution in [0.15, 0.2) is 6.07 Å². The summed E-state index contributed by atoms with van der Waals surface area (Å²) in [5.74, 6) is -1.06. The lowest BCUT2D eigenvalue weighted by Crippen LogP contribution is -2.10. The van der Waals surface area contributed by atoms with Crippen LogP contribution in [-0.4, -0.2) is 18.1 Å². The Balaban J connectivity index is 2.56. The van der Waals surface area contributed by atoms with Gasteiger partial charge in [0.2, 0.25) is 0 Å². The summed E-state index contributed by atoms with van der Waals surface area (Å²) < 4.78 is 27.0. The third kappa shape index (κ3) is 5.41. The van der Waals surface area contributed by atoms with Crippen molar-refractivity contribution in [2.75, 3.05) is 23.7 Å². The van der Waals surface area contributed by atoms with Gasteiger partial charge in [0, 0.05) is 19.2 Å². The van der Waals surface area contributed by atoms with E-state index < -0.39 is 11.6 Å². The molecule has 0 aromatic carbocycles. The summed E-state index contributed by atoms with van der Waals surface area (Å²) in [5, 5.41) is 5.77. The predicted molar refractivity (Wildman–Crippen MR) is 75.6 cm³/mol. The lowest BCUT2D eigenvalue weighted by atomic mass is 10.2. The summed E-state index contributed by atoms with van der Waals surface area (Å²) in [4.78, 5) is 3.95. The minimum absolute atomic E-state index is 0.110.